The molecule has 5 heavy (non-hydrogen) atoms. The van der Waals surface area contributed by atoms with Crippen molar-refractivity contribution >= 4 is 9.90 Å². The van der Waals surface area contributed by atoms with Gasteiger partial charge in [0.15, 0.2) is 0 Å². The standard InChI is InChI=1S/ClO3.H3P/c2-1(3)4;/h;1H3/q-1;/p+1. The van der Waals surface area contributed by atoms with Crippen molar-refractivity contribution in [2.24, 2.45) is 0 Å². The molecule has 0 aliphatic carbocycles. The minimum absolute atomic E-state index is 0. The summed E-state index contributed by atoms with van der Waals surface area (Å²) in [6, 6.07) is 0. The van der Waals surface area contributed by atoms with E-state index < -0.39 is 10.8 Å². The lowest BCUT2D eigenvalue weighted by atomic mass is 15.8. The van der Waals surface area contributed by atoms with Crippen LogP contribution in [0.5, 0.6) is 0 Å². The Hall–Kier alpha value is 0.600. The summed E-state index contributed by atoms with van der Waals surface area (Å²) >= 11 is 0. The van der Waals surface area contributed by atoms with Gasteiger partial charge in [-0.25, -0.2) is 0 Å². The van der Waals surface area contributed by atoms with Crippen molar-refractivity contribution in [3.8, 4) is 0 Å². The highest BCUT2D eigenvalue weighted by Crippen LogP contribution is 1.24. The number of hydrogen-bond donors (Lipinski definition) is 0. The van der Waals surface area contributed by atoms with Gasteiger partial charge >= 0.3 is 0 Å². The summed E-state index contributed by atoms with van der Waals surface area (Å²) in [5, 5.41) is 0. The van der Waals surface area contributed by atoms with Gasteiger partial charge < -0.3 is 14.0 Å². The Labute approximate surface area is 35.6 Å². The molecule has 0 N–H and O–H groups in total. The van der Waals surface area contributed by atoms with E-state index in [-0.39, 0.29) is 9.90 Å². The molecule has 0 aromatic carbocycles. The molecule has 0 amide bonds. The second-order valence-electron chi connectivity index (χ2n) is 0.189. The summed E-state index contributed by atoms with van der Waals surface area (Å²) in [7, 11) is -2.85. The van der Waals surface area contributed by atoms with Crippen LogP contribution < -0.4 is 14.0 Å². The summed E-state index contributed by atoms with van der Waals surface area (Å²) in [4.78, 5) is 0. The van der Waals surface area contributed by atoms with Gasteiger partial charge in [0, 0.05) is 0 Å². The van der Waals surface area contributed by atoms with Crippen molar-refractivity contribution in [1.29, 1.82) is 0 Å². The van der Waals surface area contributed by atoms with E-state index in [4.69, 9.17) is 14.0 Å². The van der Waals surface area contributed by atoms with Crippen LogP contribution in [0.3, 0.4) is 0 Å². The van der Waals surface area contributed by atoms with Crippen molar-refractivity contribution in [2.45, 2.75) is 0 Å². The molecule has 0 aliphatic rings. The van der Waals surface area contributed by atoms with Crippen LogP contribution in [0.4, 0.5) is 0 Å². The zero-order chi connectivity index (χ0) is 3.58. The highest BCUT2D eigenvalue weighted by molar-refractivity contribution is 6.92. The van der Waals surface area contributed by atoms with Gasteiger partial charge in [-0.15, -0.1) is 0 Å². The predicted molar refractivity (Wildman–Crippen MR) is 12.5 cm³/mol. The first-order valence-corrected chi connectivity index (χ1v) is 1.39. The second-order valence-corrected chi connectivity index (χ2v) is 0.567. The van der Waals surface area contributed by atoms with E-state index in [2.05, 4.69) is 0 Å². The monoisotopic (exact) mass is 118 g/mol. The maximum atomic E-state index is 8.41. The van der Waals surface area contributed by atoms with Crippen molar-refractivity contribution in [3.63, 3.8) is 0 Å². The molecule has 1 atom stereocenters. The van der Waals surface area contributed by atoms with Gasteiger partial charge in [-0.2, -0.15) is 0 Å². The summed E-state index contributed by atoms with van der Waals surface area (Å²) < 4.78 is 25.2. The maximum absolute atomic E-state index is 8.41. The SMILES string of the molecule is [O-][Cl+2]([O-])[O-].[PH4+]. The Bertz CT molecular complexity index is 11.6. The molecule has 3 nitrogen and oxygen atoms in total. The molecule has 34 valence electrons. The van der Waals surface area contributed by atoms with Crippen LogP contribution in [0.1, 0.15) is 0 Å². The van der Waals surface area contributed by atoms with E-state index in [1.165, 1.54) is 0 Å². The summed E-state index contributed by atoms with van der Waals surface area (Å²) in [6.07, 6.45) is 0. The molecule has 0 fully saturated rings. The Morgan fingerprint density at radius 3 is 1.00 bits per heavy atom. The first kappa shape index (κ1) is 9.14. The Morgan fingerprint density at radius 2 is 1.00 bits per heavy atom. The molecule has 0 bridgehead atoms. The van der Waals surface area contributed by atoms with Gasteiger partial charge in [0.1, 0.15) is 0 Å². The molecular weight excluding hydrogens is 114 g/mol. The summed E-state index contributed by atoms with van der Waals surface area (Å²) in [6.45, 7) is 0. The van der Waals surface area contributed by atoms with Crippen LogP contribution in [0.2, 0.25) is 0 Å². The minimum Gasteiger partial charge on any atom is -0.357 e. The molecule has 0 aromatic rings. The molecule has 0 aliphatic heterocycles. The third-order valence-corrected chi connectivity index (χ3v) is 0. The predicted octanol–water partition coefficient (Wildman–Crippen LogP) is -3.78. The fraction of sp³-hybridized carbons (Fsp3) is 0. The zero-order valence-electron chi connectivity index (χ0n) is 2.60. The smallest absolute Gasteiger partial charge is 0.0695 e. The minimum atomic E-state index is -2.85. The zero-order valence-corrected chi connectivity index (χ0v) is 5.36. The van der Waals surface area contributed by atoms with Gasteiger partial charge in [0.25, 0.3) is 0 Å². The number of rotatable bonds is 0. The van der Waals surface area contributed by atoms with Gasteiger partial charge in [-0.05, 0) is 9.90 Å². The molecule has 0 aromatic heterocycles. The van der Waals surface area contributed by atoms with Crippen molar-refractivity contribution < 1.29 is 24.8 Å². The molecule has 0 saturated carbocycles. The van der Waals surface area contributed by atoms with Crippen LogP contribution in [-0.4, -0.2) is 0 Å². The molecule has 0 heterocycles. The normalized spacial score (nSPS) is 7.20. The molecule has 0 radical (unpaired) electrons. The quantitative estimate of drug-likeness (QED) is 0.307. The molecule has 5 heteroatoms. The third kappa shape index (κ3) is 86.4. The summed E-state index contributed by atoms with van der Waals surface area (Å²) in [5.41, 5.74) is 0. The van der Waals surface area contributed by atoms with E-state index in [1.54, 1.807) is 0 Å². The molecule has 0 saturated heterocycles. The highest BCUT2D eigenvalue weighted by Gasteiger charge is 1.60. The Kier molecular flexibility index (Phi) is 8.41. The fourth-order valence-electron chi connectivity index (χ4n) is 0. The van der Waals surface area contributed by atoms with Crippen LogP contribution in [0, 0.1) is 10.8 Å². The lowest BCUT2D eigenvalue weighted by Crippen LogP contribution is -2.42. The Morgan fingerprint density at radius 1 is 1.00 bits per heavy atom. The van der Waals surface area contributed by atoms with E-state index in [0.717, 1.165) is 0 Å². The van der Waals surface area contributed by atoms with Crippen molar-refractivity contribution in [3.05, 3.63) is 0 Å². The topological polar surface area (TPSA) is 69.2 Å². The van der Waals surface area contributed by atoms with Crippen LogP contribution >= 0.6 is 9.90 Å². The molecule has 0 rings (SSSR count). The lowest BCUT2D eigenvalue weighted by Gasteiger charge is -1.89. The third-order valence-electron chi connectivity index (χ3n) is 0. The molecule has 1 unspecified atom stereocenters. The van der Waals surface area contributed by atoms with E-state index in [1.807, 2.05) is 0 Å². The first-order chi connectivity index (χ1) is 1.73. The number of hydrogen-bond acceptors (Lipinski definition) is 3. The molecular formula is H4ClO3P. The Balaban J connectivity index is 0. The summed E-state index contributed by atoms with van der Waals surface area (Å²) in [5.74, 6) is 0. The van der Waals surface area contributed by atoms with Crippen LogP contribution in [-0.2, 0) is 0 Å². The van der Waals surface area contributed by atoms with Gasteiger partial charge in [0.05, 0.1) is 10.8 Å². The van der Waals surface area contributed by atoms with Crippen LogP contribution in [0.25, 0.3) is 0 Å². The average molecular weight is 118 g/mol. The average Bonchev–Trinajstić information content (AvgIpc) is 0.811. The van der Waals surface area contributed by atoms with E-state index >= 15 is 0 Å². The van der Waals surface area contributed by atoms with E-state index in [0.29, 0.717) is 0 Å². The largest absolute Gasteiger partial charge is 0.357 e. The maximum Gasteiger partial charge on any atom is 0.0695 e. The first-order valence-electron chi connectivity index (χ1n) is 0.463. The highest BCUT2D eigenvalue weighted by atomic mass is 35.6. The van der Waals surface area contributed by atoms with E-state index in [9.17, 15) is 0 Å². The molecule has 0 spiro atoms. The lowest BCUT2D eigenvalue weighted by molar-refractivity contribution is -1.73. The van der Waals surface area contributed by atoms with Crippen molar-refractivity contribution in [1.82, 2.24) is 0 Å². The van der Waals surface area contributed by atoms with Crippen LogP contribution in [0.15, 0.2) is 0 Å². The second kappa shape index (κ2) is 4.60. The van der Waals surface area contributed by atoms with Gasteiger partial charge in [-0.3, -0.25) is 0 Å². The number of halogens is 1. The fourth-order valence-corrected chi connectivity index (χ4v) is 0. The van der Waals surface area contributed by atoms with Gasteiger partial charge in [-0.1, -0.05) is 0 Å². The van der Waals surface area contributed by atoms with Gasteiger partial charge in [0.2, 0.25) is 0 Å². The van der Waals surface area contributed by atoms with Crippen molar-refractivity contribution in [2.75, 3.05) is 0 Å².